The maximum absolute atomic E-state index is 5.66. The van der Waals surface area contributed by atoms with Crippen LogP contribution in [0.1, 0.15) is 63.1 Å². The highest BCUT2D eigenvalue weighted by Crippen LogP contribution is 2.30. The zero-order chi connectivity index (χ0) is 19.1. The van der Waals surface area contributed by atoms with Crippen molar-refractivity contribution in [1.82, 2.24) is 20.5 Å². The number of hydrogen-bond donors (Lipinski definition) is 2. The minimum Gasteiger partial charge on any atom is -0.381 e. The fourth-order valence-electron chi connectivity index (χ4n) is 3.95. The number of rotatable bonds is 7. The molecule has 0 atom stereocenters. The quantitative estimate of drug-likeness (QED) is 0.326. The van der Waals surface area contributed by atoms with Crippen molar-refractivity contribution < 1.29 is 4.74 Å². The second-order valence-electron chi connectivity index (χ2n) is 7.90. The molecule has 3 heterocycles. The van der Waals surface area contributed by atoms with Crippen LogP contribution in [0.3, 0.4) is 0 Å². The predicted molar refractivity (Wildman–Crippen MR) is 128 cm³/mol. The Morgan fingerprint density at radius 2 is 2.00 bits per heavy atom. The number of ether oxygens (including phenoxy) is 1. The normalized spacial score (nSPS) is 20.2. The fraction of sp³-hybridized carbons (Fsp3) is 0.800. The minimum atomic E-state index is 0. The molecular weight excluding hydrogens is 485 g/mol. The second kappa shape index (κ2) is 11.7. The first-order valence-corrected chi connectivity index (χ1v) is 11.3. The molecule has 0 saturated carbocycles. The average molecular weight is 522 g/mol. The van der Waals surface area contributed by atoms with Crippen molar-refractivity contribution in [2.75, 3.05) is 39.4 Å². The van der Waals surface area contributed by atoms with Gasteiger partial charge in [-0.2, -0.15) is 0 Å². The Kier molecular flexibility index (Phi) is 9.92. The summed E-state index contributed by atoms with van der Waals surface area (Å²) < 4.78 is 5.66. The number of nitrogens with zero attached hydrogens (tertiary/aromatic N) is 3. The van der Waals surface area contributed by atoms with Gasteiger partial charge in [0.05, 0.1) is 12.2 Å². The van der Waals surface area contributed by atoms with Gasteiger partial charge in [-0.1, -0.05) is 13.8 Å². The van der Waals surface area contributed by atoms with Crippen molar-refractivity contribution in [2.45, 2.75) is 64.5 Å². The number of likely N-dealkylation sites (tertiary alicyclic amines) is 1. The lowest BCUT2D eigenvalue weighted by atomic mass is 9.88. The lowest BCUT2D eigenvalue weighted by molar-refractivity contribution is -0.0164. The number of aliphatic imine (C=N–C) groups is 1. The highest BCUT2D eigenvalue weighted by molar-refractivity contribution is 14.0. The van der Waals surface area contributed by atoms with E-state index in [0.29, 0.717) is 12.5 Å². The first kappa shape index (κ1) is 23.8. The SMILES string of the molecule is CCNC(=NCc1nc(C(C)C)cs1)NCC1(N2CCCC2)CCOCC1.I. The molecule has 28 heavy (non-hydrogen) atoms. The number of nitrogens with one attached hydrogen (secondary N) is 2. The molecule has 1 aromatic heterocycles. The fourth-order valence-corrected chi connectivity index (χ4v) is 4.83. The summed E-state index contributed by atoms with van der Waals surface area (Å²) >= 11 is 1.71. The molecule has 0 bridgehead atoms. The molecule has 0 aliphatic carbocycles. The van der Waals surface area contributed by atoms with Crippen molar-refractivity contribution in [3.8, 4) is 0 Å². The maximum atomic E-state index is 5.66. The second-order valence-corrected chi connectivity index (χ2v) is 8.84. The number of thiazole rings is 1. The maximum Gasteiger partial charge on any atom is 0.191 e. The molecule has 2 saturated heterocycles. The summed E-state index contributed by atoms with van der Waals surface area (Å²) in [4.78, 5) is 12.2. The Labute approximate surface area is 190 Å². The van der Waals surface area contributed by atoms with Gasteiger partial charge >= 0.3 is 0 Å². The van der Waals surface area contributed by atoms with E-state index in [9.17, 15) is 0 Å². The molecule has 1 aromatic rings. The molecule has 0 spiro atoms. The zero-order valence-electron chi connectivity index (χ0n) is 17.5. The molecule has 2 aliphatic heterocycles. The molecule has 0 radical (unpaired) electrons. The number of hydrogen-bond acceptors (Lipinski definition) is 5. The van der Waals surface area contributed by atoms with E-state index in [1.807, 2.05) is 0 Å². The molecule has 160 valence electrons. The van der Waals surface area contributed by atoms with Crippen molar-refractivity contribution in [3.05, 3.63) is 16.1 Å². The average Bonchev–Trinajstić information content (AvgIpc) is 3.37. The number of guanidine groups is 1. The summed E-state index contributed by atoms with van der Waals surface area (Å²) in [6, 6.07) is 0. The Morgan fingerprint density at radius 3 is 2.61 bits per heavy atom. The van der Waals surface area contributed by atoms with Gasteiger partial charge in [-0.3, -0.25) is 4.90 Å². The van der Waals surface area contributed by atoms with Crippen LogP contribution in [0.2, 0.25) is 0 Å². The summed E-state index contributed by atoms with van der Waals surface area (Å²) in [5, 5.41) is 10.3. The van der Waals surface area contributed by atoms with Crippen LogP contribution in [0.15, 0.2) is 10.4 Å². The number of aromatic nitrogens is 1. The Hall–Kier alpha value is -0.450. The third-order valence-electron chi connectivity index (χ3n) is 5.66. The highest BCUT2D eigenvalue weighted by atomic mass is 127. The topological polar surface area (TPSA) is 61.8 Å². The smallest absolute Gasteiger partial charge is 0.191 e. The van der Waals surface area contributed by atoms with Crippen LogP contribution in [-0.4, -0.2) is 60.8 Å². The van der Waals surface area contributed by atoms with Crippen LogP contribution in [0.4, 0.5) is 0 Å². The van der Waals surface area contributed by atoms with Crippen LogP contribution >= 0.6 is 35.3 Å². The largest absolute Gasteiger partial charge is 0.381 e. The van der Waals surface area contributed by atoms with Gasteiger partial charge < -0.3 is 15.4 Å². The molecule has 2 N–H and O–H groups in total. The lowest BCUT2D eigenvalue weighted by Crippen LogP contribution is -2.58. The summed E-state index contributed by atoms with van der Waals surface area (Å²) in [5.41, 5.74) is 1.37. The van der Waals surface area contributed by atoms with E-state index in [0.717, 1.165) is 50.1 Å². The van der Waals surface area contributed by atoms with Gasteiger partial charge in [-0.15, -0.1) is 35.3 Å². The summed E-state index contributed by atoms with van der Waals surface area (Å²) in [6.07, 6.45) is 4.84. The summed E-state index contributed by atoms with van der Waals surface area (Å²) in [6.45, 7) is 13.1. The van der Waals surface area contributed by atoms with E-state index < -0.39 is 0 Å². The molecule has 3 rings (SSSR count). The Bertz CT molecular complexity index is 609. The molecule has 2 aliphatic rings. The van der Waals surface area contributed by atoms with E-state index >= 15 is 0 Å². The van der Waals surface area contributed by atoms with E-state index in [1.54, 1.807) is 11.3 Å². The Morgan fingerprint density at radius 1 is 1.29 bits per heavy atom. The molecule has 0 amide bonds. The predicted octanol–water partition coefficient (Wildman–Crippen LogP) is 3.58. The van der Waals surface area contributed by atoms with Crippen molar-refractivity contribution in [1.29, 1.82) is 0 Å². The van der Waals surface area contributed by atoms with Gasteiger partial charge in [0.2, 0.25) is 0 Å². The van der Waals surface area contributed by atoms with Crippen LogP contribution < -0.4 is 10.6 Å². The third-order valence-corrected chi connectivity index (χ3v) is 6.51. The van der Waals surface area contributed by atoms with E-state index in [1.165, 1.54) is 31.6 Å². The molecule has 6 nitrogen and oxygen atoms in total. The van der Waals surface area contributed by atoms with Crippen LogP contribution in [0, 0.1) is 0 Å². The van der Waals surface area contributed by atoms with Crippen LogP contribution in [-0.2, 0) is 11.3 Å². The van der Waals surface area contributed by atoms with Crippen LogP contribution in [0.25, 0.3) is 0 Å². The third kappa shape index (κ3) is 6.27. The van der Waals surface area contributed by atoms with E-state index in [4.69, 9.17) is 14.7 Å². The molecule has 0 unspecified atom stereocenters. The van der Waals surface area contributed by atoms with Crippen molar-refractivity contribution in [3.63, 3.8) is 0 Å². The summed E-state index contributed by atoms with van der Waals surface area (Å²) in [7, 11) is 0. The van der Waals surface area contributed by atoms with Crippen LogP contribution in [0.5, 0.6) is 0 Å². The van der Waals surface area contributed by atoms with Gasteiger partial charge in [-0.05, 0) is 51.6 Å². The van der Waals surface area contributed by atoms with Crippen molar-refractivity contribution >= 4 is 41.3 Å². The minimum absolute atomic E-state index is 0. The lowest BCUT2D eigenvalue weighted by Gasteiger charge is -2.45. The Balaban J connectivity index is 0.00000280. The number of halogens is 1. The van der Waals surface area contributed by atoms with Gasteiger partial charge in [0.1, 0.15) is 5.01 Å². The highest BCUT2D eigenvalue weighted by Gasteiger charge is 2.39. The molecule has 8 heteroatoms. The molecule has 2 fully saturated rings. The van der Waals surface area contributed by atoms with Gasteiger partial charge in [-0.25, -0.2) is 9.98 Å². The molecule has 0 aromatic carbocycles. The monoisotopic (exact) mass is 521 g/mol. The van der Waals surface area contributed by atoms with E-state index in [2.05, 4.69) is 41.7 Å². The first-order chi connectivity index (χ1) is 13.1. The molecular formula is C20H36IN5OS. The zero-order valence-corrected chi connectivity index (χ0v) is 20.6. The van der Waals surface area contributed by atoms with E-state index in [-0.39, 0.29) is 29.5 Å². The van der Waals surface area contributed by atoms with Gasteiger partial charge in [0, 0.05) is 37.2 Å². The first-order valence-electron chi connectivity index (χ1n) is 10.4. The summed E-state index contributed by atoms with van der Waals surface area (Å²) in [5.74, 6) is 1.36. The van der Waals surface area contributed by atoms with Crippen molar-refractivity contribution in [2.24, 2.45) is 4.99 Å². The van der Waals surface area contributed by atoms with Gasteiger partial charge in [0.25, 0.3) is 0 Å². The standard InChI is InChI=1S/C20H35N5OS.HI/c1-4-21-19(22-13-18-24-17(14-27-18)16(2)3)23-15-20(7-11-26-12-8-20)25-9-5-6-10-25;/h14,16H,4-13,15H2,1-3H3,(H2,21,22,23);1H. The van der Waals surface area contributed by atoms with Gasteiger partial charge in [0.15, 0.2) is 5.96 Å².